The fourth-order valence-electron chi connectivity index (χ4n) is 1.06. The van der Waals surface area contributed by atoms with Crippen molar-refractivity contribution in [3.05, 3.63) is 0 Å². The Bertz CT molecular complexity index is 159. The van der Waals surface area contributed by atoms with Gasteiger partial charge >= 0.3 is 0 Å². The summed E-state index contributed by atoms with van der Waals surface area (Å²) in [4.78, 5) is 0. The van der Waals surface area contributed by atoms with E-state index in [0.717, 1.165) is 13.0 Å². The molecule has 0 aliphatic carbocycles. The number of rotatable bonds is 8. The lowest BCUT2D eigenvalue weighted by Crippen LogP contribution is -2.29. The second-order valence-corrected chi connectivity index (χ2v) is 2.97. The summed E-state index contributed by atoms with van der Waals surface area (Å²) in [5.74, 6) is 2.61. The van der Waals surface area contributed by atoms with Crippen molar-refractivity contribution in [1.82, 2.24) is 5.32 Å². The largest absolute Gasteiger partial charge is 0.353 e. The summed E-state index contributed by atoms with van der Waals surface area (Å²) < 4.78 is 10.8. The number of hydrogen-bond donors (Lipinski definition) is 1. The Morgan fingerprint density at radius 3 is 2.29 bits per heavy atom. The lowest BCUT2D eigenvalue weighted by atomic mass is 10.3. The van der Waals surface area contributed by atoms with Crippen LogP contribution in [-0.2, 0) is 9.47 Å². The van der Waals surface area contributed by atoms with Gasteiger partial charge in [0.15, 0.2) is 6.29 Å². The van der Waals surface area contributed by atoms with E-state index in [2.05, 4.69) is 11.2 Å². The van der Waals surface area contributed by atoms with Gasteiger partial charge in [0.2, 0.25) is 0 Å². The van der Waals surface area contributed by atoms with Crippen LogP contribution in [0.25, 0.3) is 0 Å². The van der Waals surface area contributed by atoms with E-state index in [1.54, 1.807) is 0 Å². The molecule has 0 saturated carbocycles. The number of terminal acetylenes is 1. The lowest BCUT2D eigenvalue weighted by molar-refractivity contribution is -0.138. The molecule has 0 aromatic heterocycles. The highest BCUT2D eigenvalue weighted by Gasteiger charge is 2.07. The van der Waals surface area contributed by atoms with Crippen molar-refractivity contribution in [2.75, 3.05) is 19.8 Å². The maximum absolute atomic E-state index is 5.38. The zero-order chi connectivity index (χ0) is 10.8. The van der Waals surface area contributed by atoms with E-state index < -0.39 is 0 Å². The van der Waals surface area contributed by atoms with Crippen LogP contribution < -0.4 is 5.32 Å². The second kappa shape index (κ2) is 9.01. The number of hydrogen-bond acceptors (Lipinski definition) is 3. The maximum atomic E-state index is 5.38. The molecule has 0 bridgehead atoms. The monoisotopic (exact) mass is 199 g/mol. The van der Waals surface area contributed by atoms with Crippen molar-refractivity contribution >= 4 is 0 Å². The molecule has 0 heterocycles. The Balaban J connectivity index is 3.55. The van der Waals surface area contributed by atoms with Crippen LogP contribution in [-0.4, -0.2) is 32.1 Å². The van der Waals surface area contributed by atoms with Gasteiger partial charge in [0.05, 0.1) is 6.04 Å². The molecule has 0 saturated heterocycles. The van der Waals surface area contributed by atoms with Crippen molar-refractivity contribution in [3.8, 4) is 12.3 Å². The van der Waals surface area contributed by atoms with Gasteiger partial charge in [-0.05, 0) is 20.8 Å². The molecule has 3 nitrogen and oxygen atoms in total. The molecule has 0 fully saturated rings. The lowest BCUT2D eigenvalue weighted by Gasteiger charge is -2.17. The minimum absolute atomic E-state index is 0.109. The predicted molar refractivity (Wildman–Crippen MR) is 58.0 cm³/mol. The van der Waals surface area contributed by atoms with Crippen LogP contribution >= 0.6 is 0 Å². The average molecular weight is 199 g/mol. The fraction of sp³-hybridized carbons (Fsp3) is 0.818. The van der Waals surface area contributed by atoms with E-state index in [1.807, 2.05) is 20.8 Å². The standard InChI is InChI=1S/C11H21NO2/c1-5-10(4)12-9-8-11(13-6-2)14-7-3/h1,10-12H,6-9H2,2-4H3. The molecule has 1 atom stereocenters. The molecule has 0 amide bonds. The van der Waals surface area contributed by atoms with Crippen molar-refractivity contribution in [3.63, 3.8) is 0 Å². The molecule has 1 unspecified atom stereocenters. The minimum atomic E-state index is -0.109. The van der Waals surface area contributed by atoms with Crippen LogP contribution in [0.2, 0.25) is 0 Å². The topological polar surface area (TPSA) is 30.5 Å². The molecule has 1 N–H and O–H groups in total. The van der Waals surface area contributed by atoms with E-state index in [-0.39, 0.29) is 12.3 Å². The molecule has 0 aromatic rings. The van der Waals surface area contributed by atoms with Crippen LogP contribution in [0.3, 0.4) is 0 Å². The summed E-state index contributed by atoms with van der Waals surface area (Å²) in [6, 6.07) is 0.110. The Labute approximate surface area is 87.2 Å². The minimum Gasteiger partial charge on any atom is -0.353 e. The van der Waals surface area contributed by atoms with Crippen LogP contribution in [0.5, 0.6) is 0 Å². The second-order valence-electron chi connectivity index (χ2n) is 2.97. The molecular weight excluding hydrogens is 178 g/mol. The first kappa shape index (κ1) is 13.4. The molecule has 0 aromatic carbocycles. The Hall–Kier alpha value is -0.560. The summed E-state index contributed by atoms with van der Waals surface area (Å²) in [7, 11) is 0. The van der Waals surface area contributed by atoms with Crippen LogP contribution in [0, 0.1) is 12.3 Å². The third-order valence-corrected chi connectivity index (χ3v) is 1.79. The first-order valence-corrected chi connectivity index (χ1v) is 5.17. The fourth-order valence-corrected chi connectivity index (χ4v) is 1.06. The highest BCUT2D eigenvalue weighted by Crippen LogP contribution is 1.99. The van der Waals surface area contributed by atoms with Gasteiger partial charge in [-0.1, -0.05) is 5.92 Å². The van der Waals surface area contributed by atoms with Crippen molar-refractivity contribution in [2.45, 2.75) is 39.5 Å². The summed E-state index contributed by atoms with van der Waals surface area (Å²) in [5, 5.41) is 3.18. The van der Waals surface area contributed by atoms with Crippen LogP contribution in [0.15, 0.2) is 0 Å². The normalized spacial score (nSPS) is 12.8. The van der Waals surface area contributed by atoms with E-state index in [1.165, 1.54) is 0 Å². The summed E-state index contributed by atoms with van der Waals surface area (Å²) in [6.07, 6.45) is 5.95. The first-order valence-electron chi connectivity index (χ1n) is 5.17. The van der Waals surface area contributed by atoms with Crippen molar-refractivity contribution in [1.29, 1.82) is 0 Å². The van der Waals surface area contributed by atoms with Gasteiger partial charge in [-0.3, -0.25) is 0 Å². The van der Waals surface area contributed by atoms with Gasteiger partial charge in [-0.15, -0.1) is 6.42 Å². The molecule has 0 aliphatic heterocycles. The molecule has 0 spiro atoms. The predicted octanol–water partition coefficient (Wildman–Crippen LogP) is 1.39. The summed E-state index contributed by atoms with van der Waals surface area (Å²) in [5.41, 5.74) is 0. The van der Waals surface area contributed by atoms with Gasteiger partial charge in [-0.25, -0.2) is 0 Å². The SMILES string of the molecule is C#CC(C)NCCC(OCC)OCC. The van der Waals surface area contributed by atoms with Gasteiger partial charge in [-0.2, -0.15) is 0 Å². The Morgan fingerprint density at radius 2 is 1.86 bits per heavy atom. The molecule has 3 heteroatoms. The smallest absolute Gasteiger partial charge is 0.158 e. The molecule has 0 radical (unpaired) electrons. The van der Waals surface area contributed by atoms with Crippen LogP contribution in [0.1, 0.15) is 27.2 Å². The summed E-state index contributed by atoms with van der Waals surface area (Å²) in [6.45, 7) is 8.05. The quantitative estimate of drug-likeness (QED) is 0.473. The van der Waals surface area contributed by atoms with Gasteiger partial charge < -0.3 is 14.8 Å². The van der Waals surface area contributed by atoms with Gasteiger partial charge in [0.1, 0.15) is 0 Å². The molecule has 82 valence electrons. The maximum Gasteiger partial charge on any atom is 0.158 e. The van der Waals surface area contributed by atoms with Crippen LogP contribution in [0.4, 0.5) is 0 Å². The number of nitrogens with one attached hydrogen (secondary N) is 1. The first-order chi connectivity index (χ1) is 6.74. The molecule has 0 aliphatic rings. The van der Waals surface area contributed by atoms with E-state index in [9.17, 15) is 0 Å². The zero-order valence-corrected chi connectivity index (χ0v) is 9.38. The van der Waals surface area contributed by atoms with Gasteiger partial charge in [0, 0.05) is 26.2 Å². The number of ether oxygens (including phenoxy) is 2. The van der Waals surface area contributed by atoms with E-state index in [4.69, 9.17) is 15.9 Å². The molecular formula is C11H21NO2. The van der Waals surface area contributed by atoms with Gasteiger partial charge in [0.25, 0.3) is 0 Å². The molecule has 14 heavy (non-hydrogen) atoms. The third kappa shape index (κ3) is 6.90. The van der Waals surface area contributed by atoms with Crippen molar-refractivity contribution in [2.24, 2.45) is 0 Å². The highest BCUT2D eigenvalue weighted by molar-refractivity contribution is 4.95. The zero-order valence-electron chi connectivity index (χ0n) is 9.38. The Morgan fingerprint density at radius 1 is 1.29 bits per heavy atom. The summed E-state index contributed by atoms with van der Waals surface area (Å²) >= 11 is 0. The van der Waals surface area contributed by atoms with E-state index in [0.29, 0.717) is 13.2 Å². The highest BCUT2D eigenvalue weighted by atomic mass is 16.7. The average Bonchev–Trinajstić information content (AvgIpc) is 2.18. The molecule has 0 rings (SSSR count). The van der Waals surface area contributed by atoms with Crippen molar-refractivity contribution < 1.29 is 9.47 Å². The Kier molecular flexibility index (Phi) is 8.65. The van der Waals surface area contributed by atoms with E-state index >= 15 is 0 Å². The third-order valence-electron chi connectivity index (χ3n) is 1.79.